The van der Waals surface area contributed by atoms with E-state index in [0.29, 0.717) is 42.0 Å². The molecule has 3 fully saturated rings. The first-order valence-electron chi connectivity index (χ1n) is 10.4. The molecule has 2 aliphatic carbocycles. The van der Waals surface area contributed by atoms with Crippen LogP contribution in [0.5, 0.6) is 0 Å². The molecule has 10 heteroatoms. The van der Waals surface area contributed by atoms with E-state index in [-0.39, 0.29) is 35.6 Å². The lowest BCUT2D eigenvalue weighted by Gasteiger charge is -2.27. The molecule has 3 heterocycles. The summed E-state index contributed by atoms with van der Waals surface area (Å²) in [6.07, 6.45) is 3.79. The molecule has 164 valence electrons. The number of hydrogen-bond acceptors (Lipinski definition) is 5. The highest BCUT2D eigenvalue weighted by Gasteiger charge is 2.63. The summed E-state index contributed by atoms with van der Waals surface area (Å²) in [5.41, 5.74) is 0.431. The normalized spacial score (nSPS) is 30.2. The van der Waals surface area contributed by atoms with Gasteiger partial charge in [-0.2, -0.15) is 5.10 Å². The van der Waals surface area contributed by atoms with Crippen molar-refractivity contribution in [3.63, 3.8) is 0 Å². The van der Waals surface area contributed by atoms with Crippen LogP contribution in [-0.2, 0) is 16.1 Å². The van der Waals surface area contributed by atoms with E-state index in [4.69, 9.17) is 23.2 Å². The molecule has 8 nitrogen and oxygen atoms in total. The largest absolute Gasteiger partial charge is 0.354 e. The number of Topliss-reactive ketones (excluding diaryl/α,β-unsaturated/α-hetero) is 1. The third kappa shape index (κ3) is 3.40. The molecule has 0 radical (unpaired) electrons. The van der Waals surface area contributed by atoms with Gasteiger partial charge in [0.1, 0.15) is 22.6 Å². The number of pyridine rings is 1. The summed E-state index contributed by atoms with van der Waals surface area (Å²) in [6, 6.07) is 3.07. The van der Waals surface area contributed by atoms with Crippen molar-refractivity contribution in [3.8, 4) is 0 Å². The second-order valence-electron chi connectivity index (χ2n) is 9.21. The standard InChI is InChI=1S/C21H23Cl2N5O3/c1-11(29)17-13-4-3-5-24-18(13)27(26-17)8-16(30)28-14-6-12(14)7-15(28)19(31)25-10-20(2)9-21(20,22)23/h3-5,12,14-15H,6-10H2,1-2H3,(H,25,31)/t12-,14-,15+,20?/m1/s1. The van der Waals surface area contributed by atoms with Crippen LogP contribution in [0.2, 0.25) is 0 Å². The van der Waals surface area contributed by atoms with Crippen LogP contribution in [0.3, 0.4) is 0 Å². The van der Waals surface area contributed by atoms with Crippen molar-refractivity contribution in [2.45, 2.75) is 56.1 Å². The van der Waals surface area contributed by atoms with Gasteiger partial charge in [0.2, 0.25) is 11.8 Å². The van der Waals surface area contributed by atoms with Gasteiger partial charge in [-0.05, 0) is 37.3 Å². The molecule has 3 aliphatic rings. The van der Waals surface area contributed by atoms with Gasteiger partial charge in [-0.3, -0.25) is 14.4 Å². The summed E-state index contributed by atoms with van der Waals surface area (Å²) >= 11 is 12.3. The first-order chi connectivity index (χ1) is 14.6. The van der Waals surface area contributed by atoms with Crippen LogP contribution < -0.4 is 5.32 Å². The van der Waals surface area contributed by atoms with Crippen LogP contribution in [0, 0.1) is 11.3 Å². The van der Waals surface area contributed by atoms with E-state index in [1.165, 1.54) is 11.6 Å². The molecule has 0 bridgehead atoms. The number of nitrogens with one attached hydrogen (secondary N) is 1. The number of ketones is 1. The fourth-order valence-electron chi connectivity index (χ4n) is 4.68. The van der Waals surface area contributed by atoms with Crippen LogP contribution >= 0.6 is 23.2 Å². The summed E-state index contributed by atoms with van der Waals surface area (Å²) in [7, 11) is 0. The van der Waals surface area contributed by atoms with Gasteiger partial charge < -0.3 is 10.2 Å². The van der Waals surface area contributed by atoms with Crippen LogP contribution in [-0.4, -0.2) is 60.2 Å². The Bertz CT molecular complexity index is 1120. The van der Waals surface area contributed by atoms with Gasteiger partial charge in [-0.25, -0.2) is 9.67 Å². The number of halogens is 2. The number of nitrogens with zero attached hydrogens (tertiary/aromatic N) is 4. The number of aromatic nitrogens is 3. The maximum atomic E-state index is 13.2. The van der Waals surface area contributed by atoms with Crippen LogP contribution in [0.1, 0.15) is 43.6 Å². The van der Waals surface area contributed by atoms with E-state index in [9.17, 15) is 14.4 Å². The molecule has 1 aliphatic heterocycles. The summed E-state index contributed by atoms with van der Waals surface area (Å²) in [5.74, 6) is -0.201. The SMILES string of the molecule is CC(=O)c1nn(CC(=O)N2[C@@H]3C[C@@H]3C[C@H]2C(=O)NCC2(C)CC2(Cl)Cl)c2ncccc12. The second-order valence-corrected chi connectivity index (χ2v) is 10.7. The van der Waals surface area contributed by atoms with Crippen LogP contribution in [0.15, 0.2) is 18.3 Å². The lowest BCUT2D eigenvalue weighted by Crippen LogP contribution is -2.50. The molecule has 1 saturated heterocycles. The predicted molar refractivity (Wildman–Crippen MR) is 115 cm³/mol. The summed E-state index contributed by atoms with van der Waals surface area (Å²) < 4.78 is 0.649. The van der Waals surface area contributed by atoms with Gasteiger partial charge in [-0.1, -0.05) is 6.92 Å². The van der Waals surface area contributed by atoms with Gasteiger partial charge in [0.15, 0.2) is 11.4 Å². The van der Waals surface area contributed by atoms with Crippen molar-refractivity contribution in [1.29, 1.82) is 0 Å². The number of rotatable bonds is 6. The van der Waals surface area contributed by atoms with Crippen molar-refractivity contribution < 1.29 is 14.4 Å². The molecular formula is C21H23Cl2N5O3. The molecule has 0 spiro atoms. The smallest absolute Gasteiger partial charge is 0.245 e. The lowest BCUT2D eigenvalue weighted by atomic mass is 10.1. The number of alkyl halides is 2. The Kier molecular flexibility index (Phi) is 4.61. The van der Waals surface area contributed by atoms with E-state index in [2.05, 4.69) is 15.4 Å². The van der Waals surface area contributed by atoms with Gasteiger partial charge in [0.25, 0.3) is 0 Å². The Labute approximate surface area is 189 Å². The number of carbonyl (C=O) groups is 3. The first-order valence-corrected chi connectivity index (χ1v) is 11.2. The van der Waals surface area contributed by atoms with E-state index in [1.807, 2.05) is 6.92 Å². The van der Waals surface area contributed by atoms with Gasteiger partial charge in [-0.15, -0.1) is 23.2 Å². The molecule has 5 rings (SSSR count). The second kappa shape index (κ2) is 6.90. The zero-order chi connectivity index (χ0) is 22.1. The minimum absolute atomic E-state index is 0.0714. The van der Waals surface area contributed by atoms with Gasteiger partial charge >= 0.3 is 0 Å². The molecule has 0 aromatic carbocycles. The Hall–Kier alpha value is -2.19. The van der Waals surface area contributed by atoms with Crippen molar-refractivity contribution in [3.05, 3.63) is 24.0 Å². The minimum atomic E-state index is -0.809. The molecule has 2 aromatic rings. The highest BCUT2D eigenvalue weighted by Crippen LogP contribution is 2.63. The fourth-order valence-corrected chi connectivity index (χ4v) is 5.40. The van der Waals surface area contributed by atoms with Crippen LogP contribution in [0.4, 0.5) is 0 Å². The summed E-state index contributed by atoms with van der Waals surface area (Å²) in [4.78, 5) is 44.1. The lowest BCUT2D eigenvalue weighted by molar-refractivity contribution is -0.140. The third-order valence-electron chi connectivity index (χ3n) is 6.84. The highest BCUT2D eigenvalue weighted by atomic mass is 35.5. The number of hydrogen-bond donors (Lipinski definition) is 1. The van der Waals surface area contributed by atoms with Gasteiger partial charge in [0.05, 0.1) is 5.39 Å². The molecule has 31 heavy (non-hydrogen) atoms. The van der Waals surface area contributed by atoms with Crippen molar-refractivity contribution >= 4 is 51.8 Å². The quantitative estimate of drug-likeness (QED) is 0.523. The van der Waals surface area contributed by atoms with Crippen molar-refractivity contribution in [1.82, 2.24) is 25.0 Å². The summed E-state index contributed by atoms with van der Waals surface area (Å²) in [6.45, 7) is 3.68. The fraction of sp³-hybridized carbons (Fsp3) is 0.571. The zero-order valence-corrected chi connectivity index (χ0v) is 18.8. The minimum Gasteiger partial charge on any atom is -0.354 e. The molecule has 2 aromatic heterocycles. The number of piperidine rings is 1. The number of fused-ring (bicyclic) bond motifs is 2. The Morgan fingerprint density at radius 3 is 2.71 bits per heavy atom. The van der Waals surface area contributed by atoms with Gasteiger partial charge in [0, 0.05) is 31.1 Å². The number of carbonyl (C=O) groups excluding carboxylic acids is 3. The van der Waals surface area contributed by atoms with E-state index in [0.717, 1.165) is 6.42 Å². The number of amides is 2. The molecule has 2 saturated carbocycles. The number of likely N-dealkylation sites (tertiary alicyclic amines) is 1. The molecular weight excluding hydrogens is 441 g/mol. The maximum absolute atomic E-state index is 13.2. The highest BCUT2D eigenvalue weighted by molar-refractivity contribution is 6.51. The monoisotopic (exact) mass is 463 g/mol. The van der Waals surface area contributed by atoms with E-state index >= 15 is 0 Å². The predicted octanol–water partition coefficient (Wildman–Crippen LogP) is 2.32. The average molecular weight is 464 g/mol. The Morgan fingerprint density at radius 2 is 2.03 bits per heavy atom. The topological polar surface area (TPSA) is 97.2 Å². The molecule has 1 N–H and O–H groups in total. The zero-order valence-electron chi connectivity index (χ0n) is 17.3. The first kappa shape index (κ1) is 20.7. The Balaban J connectivity index is 1.32. The molecule has 2 amide bonds. The van der Waals surface area contributed by atoms with E-state index < -0.39 is 10.4 Å². The Morgan fingerprint density at radius 1 is 1.29 bits per heavy atom. The maximum Gasteiger partial charge on any atom is 0.245 e. The van der Waals surface area contributed by atoms with Crippen molar-refractivity contribution in [2.24, 2.45) is 11.3 Å². The third-order valence-corrected chi connectivity index (χ3v) is 8.02. The molecule has 1 unspecified atom stereocenters. The van der Waals surface area contributed by atoms with Crippen molar-refractivity contribution in [2.75, 3.05) is 6.54 Å². The van der Waals surface area contributed by atoms with E-state index in [1.54, 1.807) is 23.2 Å². The summed E-state index contributed by atoms with van der Waals surface area (Å²) in [5, 5.41) is 7.89. The molecule has 4 atom stereocenters. The average Bonchev–Trinajstić information content (AvgIpc) is 3.44. The van der Waals surface area contributed by atoms with Crippen LogP contribution in [0.25, 0.3) is 11.0 Å².